The molecule has 43 heavy (non-hydrogen) atoms. The fraction of sp³-hybridized carbons (Fsp3) is 0.609. The summed E-state index contributed by atoms with van der Waals surface area (Å²) < 4.78 is 43.9. The number of carbonyl (C=O) groups excluding carboxylic acids is 1. The number of fused-ring (bicyclic) bond motifs is 1. The van der Waals surface area contributed by atoms with Crippen LogP contribution in [0.25, 0.3) is 11.2 Å². The number of nitrogens with one attached hydrogen (secondary N) is 1. The lowest BCUT2D eigenvalue weighted by atomic mass is 10.1. The number of anilines is 1. The number of rotatable bonds is 9. The molecular formula is C23H32N9O10P. The molecule has 5 rings (SSSR count). The van der Waals surface area contributed by atoms with E-state index in [1.165, 1.54) is 25.3 Å². The van der Waals surface area contributed by atoms with E-state index < -0.39 is 68.6 Å². The van der Waals surface area contributed by atoms with Crippen molar-refractivity contribution in [2.75, 3.05) is 26.4 Å². The molecule has 3 aromatic heterocycles. The van der Waals surface area contributed by atoms with Crippen molar-refractivity contribution in [2.45, 2.75) is 70.0 Å². The van der Waals surface area contributed by atoms with Crippen LogP contribution in [0.1, 0.15) is 44.5 Å². The average molecular weight is 626 g/mol. The number of nitrogens with zero attached hydrogens (tertiary/aromatic N) is 7. The van der Waals surface area contributed by atoms with Crippen LogP contribution in [-0.2, 0) is 27.8 Å². The third kappa shape index (κ3) is 6.61. The predicted octanol–water partition coefficient (Wildman–Crippen LogP) is 0.216. The van der Waals surface area contributed by atoms with E-state index in [-0.39, 0.29) is 24.3 Å². The van der Waals surface area contributed by atoms with Gasteiger partial charge in [0.25, 0.3) is 5.56 Å². The van der Waals surface area contributed by atoms with Crippen LogP contribution in [0.5, 0.6) is 0 Å². The highest BCUT2D eigenvalue weighted by atomic mass is 31.2. The number of aromatic nitrogens is 7. The van der Waals surface area contributed by atoms with E-state index in [1.807, 2.05) is 6.92 Å². The van der Waals surface area contributed by atoms with Crippen LogP contribution in [0.3, 0.4) is 0 Å². The Kier molecular flexibility index (Phi) is 8.64. The van der Waals surface area contributed by atoms with Crippen LogP contribution in [-0.4, -0.2) is 95.1 Å². The molecule has 5 heterocycles. The Morgan fingerprint density at radius 3 is 2.51 bits per heavy atom. The van der Waals surface area contributed by atoms with Gasteiger partial charge in [-0.1, -0.05) is 6.92 Å². The topological polar surface area (TPSA) is 241 Å². The standard InChI is InChI=1S/C23H32N9O10P/c1-5-12-14(7-16(39-12)31-9-25-18-19(31)27-11(2)28-20(18)33)42-43(36,37)38-8-15-13(41-23(35)30(3)4)6-17(40-15)32-10-26-21(24)29-22(32)34/h9-10,12-17H,5-8H2,1-4H3,(H,36,37)(H2,24,29,34)(H,27,28,33)/t12-,13-,14-,15-,16-,17-/m1/s1. The number of hydrogen-bond donors (Lipinski definition) is 3. The number of nitrogens with two attached hydrogens (primary N) is 1. The molecule has 1 unspecified atom stereocenters. The van der Waals surface area contributed by atoms with Crippen molar-refractivity contribution >= 4 is 31.0 Å². The summed E-state index contributed by atoms with van der Waals surface area (Å²) in [5.74, 6) is 0.169. The van der Waals surface area contributed by atoms with E-state index in [0.717, 1.165) is 10.9 Å². The van der Waals surface area contributed by atoms with Gasteiger partial charge in [0.05, 0.1) is 25.1 Å². The van der Waals surface area contributed by atoms with Crippen molar-refractivity contribution in [2.24, 2.45) is 0 Å². The second-order valence-electron chi connectivity index (χ2n) is 10.2. The highest BCUT2D eigenvalue weighted by Crippen LogP contribution is 2.49. The molecular weight excluding hydrogens is 593 g/mol. The van der Waals surface area contributed by atoms with Gasteiger partial charge in [-0.05, 0) is 13.3 Å². The zero-order chi connectivity index (χ0) is 31.1. The predicted molar refractivity (Wildman–Crippen MR) is 146 cm³/mol. The zero-order valence-electron chi connectivity index (χ0n) is 23.7. The molecule has 19 nitrogen and oxygen atoms in total. The molecule has 1 amide bonds. The molecule has 2 aliphatic heterocycles. The summed E-state index contributed by atoms with van der Waals surface area (Å²) in [6.45, 7) is 2.94. The molecule has 0 saturated carbocycles. The van der Waals surface area contributed by atoms with Gasteiger partial charge in [-0.25, -0.2) is 29.1 Å². The summed E-state index contributed by atoms with van der Waals surface area (Å²) in [6.07, 6.45) is -2.67. The minimum atomic E-state index is -4.72. The molecule has 20 heteroatoms. The fourth-order valence-corrected chi connectivity index (χ4v) is 5.85. The van der Waals surface area contributed by atoms with E-state index in [2.05, 4.69) is 24.9 Å². The van der Waals surface area contributed by atoms with Gasteiger partial charge in [-0.15, -0.1) is 0 Å². The quantitative estimate of drug-likeness (QED) is 0.269. The van der Waals surface area contributed by atoms with Crippen LogP contribution in [0.15, 0.2) is 22.2 Å². The number of H-pyrrole nitrogens is 1. The fourth-order valence-electron chi connectivity index (χ4n) is 4.89. The molecule has 0 aromatic carbocycles. The third-order valence-corrected chi connectivity index (χ3v) is 7.98. The normalized spacial score (nSPS) is 26.9. The van der Waals surface area contributed by atoms with Crippen LogP contribution in [0.4, 0.5) is 10.7 Å². The maximum atomic E-state index is 13.1. The van der Waals surface area contributed by atoms with Crippen molar-refractivity contribution in [3.05, 3.63) is 39.3 Å². The van der Waals surface area contributed by atoms with Gasteiger partial charge in [0.15, 0.2) is 11.2 Å². The lowest BCUT2D eigenvalue weighted by Crippen LogP contribution is -2.35. The lowest BCUT2D eigenvalue weighted by molar-refractivity contribution is -0.0552. The summed E-state index contributed by atoms with van der Waals surface area (Å²) in [4.78, 5) is 67.1. The van der Waals surface area contributed by atoms with Crippen molar-refractivity contribution < 1.29 is 37.5 Å². The maximum Gasteiger partial charge on any atom is 0.472 e. The van der Waals surface area contributed by atoms with Crippen molar-refractivity contribution in [1.29, 1.82) is 0 Å². The van der Waals surface area contributed by atoms with E-state index in [1.54, 1.807) is 11.5 Å². The number of aromatic amines is 1. The van der Waals surface area contributed by atoms with Crippen molar-refractivity contribution in [1.82, 2.24) is 39.0 Å². The number of nitrogen functional groups attached to an aromatic ring is 1. The highest BCUT2D eigenvalue weighted by Gasteiger charge is 2.44. The Bertz CT molecular complexity index is 1660. The van der Waals surface area contributed by atoms with Gasteiger partial charge in [0, 0.05) is 26.9 Å². The Hall–Kier alpha value is -3.74. The van der Waals surface area contributed by atoms with Gasteiger partial charge in [0.1, 0.15) is 36.8 Å². The van der Waals surface area contributed by atoms with Gasteiger partial charge in [-0.2, -0.15) is 4.98 Å². The van der Waals surface area contributed by atoms with E-state index >= 15 is 0 Å². The largest absolute Gasteiger partial charge is 0.472 e. The summed E-state index contributed by atoms with van der Waals surface area (Å²) in [7, 11) is -1.75. The number of imidazole rings is 1. The van der Waals surface area contributed by atoms with Crippen molar-refractivity contribution in [3.8, 4) is 0 Å². The molecule has 234 valence electrons. The number of phosphoric acid groups is 1. The molecule has 2 aliphatic rings. The summed E-state index contributed by atoms with van der Waals surface area (Å²) in [6, 6.07) is 0. The third-order valence-electron chi connectivity index (χ3n) is 6.97. The number of hydrogen-bond acceptors (Lipinski definition) is 14. The second-order valence-corrected chi connectivity index (χ2v) is 11.6. The number of carbonyl (C=O) groups is 1. The van der Waals surface area contributed by atoms with Crippen LogP contribution >= 0.6 is 7.82 Å². The molecule has 0 spiro atoms. The number of ether oxygens (including phenoxy) is 3. The Morgan fingerprint density at radius 2 is 1.81 bits per heavy atom. The van der Waals surface area contributed by atoms with Crippen LogP contribution in [0, 0.1) is 6.92 Å². The Balaban J connectivity index is 1.27. The summed E-state index contributed by atoms with van der Waals surface area (Å²) in [5, 5.41) is 0. The molecule has 0 aliphatic carbocycles. The van der Waals surface area contributed by atoms with Gasteiger partial charge in [0.2, 0.25) is 5.95 Å². The molecule has 0 bridgehead atoms. The van der Waals surface area contributed by atoms with Crippen LogP contribution < -0.4 is 17.0 Å². The van der Waals surface area contributed by atoms with Gasteiger partial charge in [-0.3, -0.25) is 23.0 Å². The molecule has 7 atom stereocenters. The number of aryl methyl sites for hydroxylation is 1. The van der Waals surface area contributed by atoms with E-state index in [4.69, 9.17) is 29.0 Å². The molecule has 0 radical (unpaired) electrons. The lowest BCUT2D eigenvalue weighted by Gasteiger charge is -2.23. The smallest absolute Gasteiger partial charge is 0.443 e. The van der Waals surface area contributed by atoms with E-state index in [0.29, 0.717) is 17.9 Å². The summed E-state index contributed by atoms with van der Waals surface area (Å²) in [5.41, 5.74) is 4.77. The summed E-state index contributed by atoms with van der Waals surface area (Å²) >= 11 is 0. The second kappa shape index (κ2) is 12.1. The first-order chi connectivity index (χ1) is 20.3. The van der Waals surface area contributed by atoms with Crippen LogP contribution in [0.2, 0.25) is 0 Å². The van der Waals surface area contributed by atoms with Gasteiger partial charge < -0.3 is 34.7 Å². The molecule has 2 fully saturated rings. The SMILES string of the molecule is CC[C@H]1O[C@@H](n2cnc3c(=O)[nH]c(C)nc32)C[C@H]1OP(=O)(O)OC[C@H]1O[C@@H](n2cnc(N)nc2=O)C[C@H]1OC(=O)N(C)C. The zero-order valence-corrected chi connectivity index (χ0v) is 24.6. The van der Waals surface area contributed by atoms with Gasteiger partial charge >= 0.3 is 19.6 Å². The molecule has 3 aromatic rings. The maximum absolute atomic E-state index is 13.1. The molecule has 4 N–H and O–H groups in total. The number of phosphoric ester groups is 1. The van der Waals surface area contributed by atoms with Crippen molar-refractivity contribution in [3.63, 3.8) is 0 Å². The Labute approximate surface area is 243 Å². The van der Waals surface area contributed by atoms with E-state index in [9.17, 15) is 23.8 Å². The first-order valence-electron chi connectivity index (χ1n) is 13.3. The minimum Gasteiger partial charge on any atom is -0.443 e. The Morgan fingerprint density at radius 1 is 1.14 bits per heavy atom. The average Bonchev–Trinajstić information content (AvgIpc) is 3.64. The number of amides is 1. The minimum absolute atomic E-state index is 0.00262. The monoisotopic (exact) mass is 625 g/mol. The first kappa shape index (κ1) is 30.7. The first-order valence-corrected chi connectivity index (χ1v) is 14.8. The highest BCUT2D eigenvalue weighted by molar-refractivity contribution is 7.47. The molecule has 2 saturated heterocycles.